The molecule has 1 fully saturated rings. The Hall–Kier alpha value is -1.79. The van der Waals surface area contributed by atoms with E-state index in [2.05, 4.69) is 31.9 Å². The topological polar surface area (TPSA) is 36.4 Å². The smallest absolute Gasteiger partial charge is 0.255 e. The molecule has 0 spiro atoms. The normalized spacial score (nSPS) is 15.7. The zero-order valence-electron chi connectivity index (χ0n) is 12.6. The average Bonchev–Trinajstić information content (AvgIpc) is 2.56. The Morgan fingerprint density at radius 1 is 1.22 bits per heavy atom. The van der Waals surface area contributed by atoms with Crippen LogP contribution in [-0.2, 0) is 6.54 Å². The molecule has 0 N–H and O–H groups in total. The maximum absolute atomic E-state index is 13.1. The lowest BCUT2D eigenvalue weighted by molar-refractivity contribution is 0.0627. The van der Waals surface area contributed by atoms with Crippen molar-refractivity contribution in [3.8, 4) is 0 Å². The second-order valence-electron chi connectivity index (χ2n) is 5.55. The van der Waals surface area contributed by atoms with Crippen molar-refractivity contribution in [1.29, 1.82) is 0 Å². The highest BCUT2D eigenvalue weighted by molar-refractivity contribution is 9.10. The summed E-state index contributed by atoms with van der Waals surface area (Å²) in [5.74, 6) is -0.410. The Morgan fingerprint density at radius 3 is 2.65 bits per heavy atom. The number of benzene rings is 1. The number of hydrogen-bond acceptors (Lipinski definition) is 3. The first-order valence-electron chi connectivity index (χ1n) is 7.49. The van der Waals surface area contributed by atoms with Gasteiger partial charge in [0.15, 0.2) is 0 Å². The van der Waals surface area contributed by atoms with Crippen LogP contribution < -0.4 is 0 Å². The van der Waals surface area contributed by atoms with E-state index in [4.69, 9.17) is 0 Å². The van der Waals surface area contributed by atoms with Gasteiger partial charge in [0.25, 0.3) is 5.91 Å². The number of aromatic nitrogens is 1. The van der Waals surface area contributed by atoms with Crippen molar-refractivity contribution in [2.45, 2.75) is 6.54 Å². The Bertz CT molecular complexity index is 687. The van der Waals surface area contributed by atoms with Crippen molar-refractivity contribution in [3.05, 3.63) is 64.1 Å². The van der Waals surface area contributed by atoms with Crippen molar-refractivity contribution in [2.75, 3.05) is 26.2 Å². The van der Waals surface area contributed by atoms with Crippen LogP contribution in [-0.4, -0.2) is 46.9 Å². The number of rotatable bonds is 3. The molecule has 1 saturated heterocycles. The van der Waals surface area contributed by atoms with Crippen molar-refractivity contribution >= 4 is 21.8 Å². The summed E-state index contributed by atoms with van der Waals surface area (Å²) < 4.78 is 13.6. The van der Waals surface area contributed by atoms with Gasteiger partial charge in [-0.2, -0.15) is 0 Å². The fourth-order valence-electron chi connectivity index (χ4n) is 2.69. The first-order valence-corrected chi connectivity index (χ1v) is 8.28. The van der Waals surface area contributed by atoms with Crippen molar-refractivity contribution in [3.63, 3.8) is 0 Å². The van der Waals surface area contributed by atoms with Crippen LogP contribution in [0.25, 0.3) is 0 Å². The van der Waals surface area contributed by atoms with Gasteiger partial charge in [-0.05, 0) is 45.8 Å². The van der Waals surface area contributed by atoms with Crippen LogP contribution in [0.2, 0.25) is 0 Å². The highest BCUT2D eigenvalue weighted by Gasteiger charge is 2.23. The molecule has 0 bridgehead atoms. The van der Waals surface area contributed by atoms with E-state index in [1.54, 1.807) is 6.20 Å². The molecule has 4 nitrogen and oxygen atoms in total. The maximum atomic E-state index is 13.1. The third-order valence-electron chi connectivity index (χ3n) is 3.95. The third kappa shape index (κ3) is 3.95. The minimum absolute atomic E-state index is 0.0575. The molecule has 1 aliphatic rings. The summed E-state index contributed by atoms with van der Waals surface area (Å²) in [6.45, 7) is 3.82. The van der Waals surface area contributed by atoms with E-state index in [1.165, 1.54) is 23.8 Å². The van der Waals surface area contributed by atoms with Crippen molar-refractivity contribution in [2.24, 2.45) is 0 Å². The maximum Gasteiger partial charge on any atom is 0.255 e. The monoisotopic (exact) mass is 377 g/mol. The molecular formula is C17H17BrFN3O. The Labute approximate surface area is 143 Å². The predicted molar refractivity (Wildman–Crippen MR) is 89.5 cm³/mol. The van der Waals surface area contributed by atoms with E-state index < -0.39 is 0 Å². The summed E-state index contributed by atoms with van der Waals surface area (Å²) >= 11 is 3.27. The molecule has 2 aromatic rings. The minimum atomic E-state index is -0.352. The molecule has 3 rings (SSSR count). The number of pyridine rings is 1. The lowest BCUT2D eigenvalue weighted by atomic mass is 10.1. The van der Waals surface area contributed by atoms with E-state index in [-0.39, 0.29) is 11.7 Å². The number of halogens is 2. The van der Waals surface area contributed by atoms with Crippen LogP contribution in [0.5, 0.6) is 0 Å². The molecule has 0 radical (unpaired) electrons. The molecule has 1 amide bonds. The third-order valence-corrected chi connectivity index (χ3v) is 4.61. The molecule has 23 heavy (non-hydrogen) atoms. The van der Waals surface area contributed by atoms with E-state index >= 15 is 0 Å². The zero-order chi connectivity index (χ0) is 16.2. The van der Waals surface area contributed by atoms with E-state index in [0.717, 1.165) is 19.6 Å². The van der Waals surface area contributed by atoms with E-state index in [0.29, 0.717) is 23.1 Å². The number of nitrogens with zero attached hydrogens (tertiary/aromatic N) is 3. The molecule has 1 aliphatic heterocycles. The summed E-state index contributed by atoms with van der Waals surface area (Å²) in [6, 6.07) is 8.16. The number of piperazine rings is 1. The summed E-state index contributed by atoms with van der Waals surface area (Å²) in [5.41, 5.74) is 1.68. The molecule has 0 atom stereocenters. The number of amides is 1. The Morgan fingerprint density at radius 2 is 2.00 bits per heavy atom. The quantitative estimate of drug-likeness (QED) is 0.824. The molecule has 2 heterocycles. The van der Waals surface area contributed by atoms with Gasteiger partial charge in [-0.3, -0.25) is 14.7 Å². The lowest BCUT2D eigenvalue weighted by Crippen LogP contribution is -2.48. The standard InChI is InChI=1S/C17H17BrFN3O/c18-16-10-14(19)3-4-15(16)17(23)22-8-6-21(7-9-22)12-13-2-1-5-20-11-13/h1-5,10-11H,6-9,12H2. The van der Waals surface area contributed by atoms with Crippen LogP contribution >= 0.6 is 15.9 Å². The molecule has 1 aromatic heterocycles. The molecule has 0 saturated carbocycles. The second-order valence-corrected chi connectivity index (χ2v) is 6.41. The summed E-state index contributed by atoms with van der Waals surface area (Å²) in [7, 11) is 0. The molecule has 6 heteroatoms. The minimum Gasteiger partial charge on any atom is -0.336 e. The zero-order valence-corrected chi connectivity index (χ0v) is 14.2. The summed E-state index contributed by atoms with van der Waals surface area (Å²) in [6.07, 6.45) is 3.63. The first-order chi connectivity index (χ1) is 11.1. The van der Waals surface area contributed by atoms with Crippen LogP contribution in [0, 0.1) is 5.82 Å². The van der Waals surface area contributed by atoms with Gasteiger partial charge >= 0.3 is 0 Å². The van der Waals surface area contributed by atoms with Gasteiger partial charge in [-0.15, -0.1) is 0 Å². The highest BCUT2D eigenvalue weighted by Crippen LogP contribution is 2.20. The van der Waals surface area contributed by atoms with Crippen molar-refractivity contribution in [1.82, 2.24) is 14.8 Å². The SMILES string of the molecule is O=C(c1ccc(F)cc1Br)N1CCN(Cc2cccnc2)CC1. The van der Waals surface area contributed by atoms with Gasteiger partial charge in [-0.25, -0.2) is 4.39 Å². The summed E-state index contributed by atoms with van der Waals surface area (Å²) in [4.78, 5) is 20.8. The predicted octanol–water partition coefficient (Wildman–Crippen LogP) is 2.94. The number of carbonyl (C=O) groups excluding carboxylic acids is 1. The number of carbonyl (C=O) groups is 1. The highest BCUT2D eigenvalue weighted by atomic mass is 79.9. The van der Waals surface area contributed by atoms with Crippen LogP contribution in [0.4, 0.5) is 4.39 Å². The van der Waals surface area contributed by atoms with Gasteiger partial charge in [0.05, 0.1) is 5.56 Å². The Balaban J connectivity index is 1.59. The van der Waals surface area contributed by atoms with Crippen LogP contribution in [0.1, 0.15) is 15.9 Å². The largest absolute Gasteiger partial charge is 0.336 e. The number of hydrogen-bond donors (Lipinski definition) is 0. The van der Waals surface area contributed by atoms with E-state index in [1.807, 2.05) is 17.2 Å². The molecule has 1 aromatic carbocycles. The Kier molecular flexibility index (Phi) is 5.03. The van der Waals surface area contributed by atoms with Gasteiger partial charge in [0.2, 0.25) is 0 Å². The molecule has 0 aliphatic carbocycles. The summed E-state index contributed by atoms with van der Waals surface area (Å²) in [5, 5.41) is 0. The van der Waals surface area contributed by atoms with Crippen LogP contribution in [0.3, 0.4) is 0 Å². The van der Waals surface area contributed by atoms with Gasteiger partial charge in [0, 0.05) is 49.6 Å². The fraction of sp³-hybridized carbons (Fsp3) is 0.294. The first kappa shape index (κ1) is 16.1. The lowest BCUT2D eigenvalue weighted by Gasteiger charge is -2.34. The van der Waals surface area contributed by atoms with E-state index in [9.17, 15) is 9.18 Å². The molecule has 0 unspecified atom stereocenters. The molecule has 120 valence electrons. The second kappa shape index (κ2) is 7.19. The van der Waals surface area contributed by atoms with Gasteiger partial charge in [-0.1, -0.05) is 6.07 Å². The molecular weight excluding hydrogens is 361 g/mol. The van der Waals surface area contributed by atoms with Crippen molar-refractivity contribution < 1.29 is 9.18 Å². The average molecular weight is 378 g/mol. The fourth-order valence-corrected chi connectivity index (χ4v) is 3.21. The van der Waals surface area contributed by atoms with Gasteiger partial charge in [0.1, 0.15) is 5.82 Å². The van der Waals surface area contributed by atoms with Crippen LogP contribution in [0.15, 0.2) is 47.2 Å². The van der Waals surface area contributed by atoms with Gasteiger partial charge < -0.3 is 4.90 Å².